The largest absolute Gasteiger partial charge is 0.472 e. The molecule has 1 aromatic heterocycles. The van der Waals surface area contributed by atoms with Crippen molar-refractivity contribution in [2.24, 2.45) is 0 Å². The van der Waals surface area contributed by atoms with E-state index < -0.39 is 0 Å². The second-order valence-electron chi connectivity index (χ2n) is 4.96. The predicted molar refractivity (Wildman–Crippen MR) is 79.5 cm³/mol. The molecule has 5 heteroatoms. The zero-order valence-corrected chi connectivity index (χ0v) is 12.6. The molecule has 0 unspecified atom stereocenters. The summed E-state index contributed by atoms with van der Waals surface area (Å²) in [5, 5.41) is 1.16. The molecule has 1 aromatic carbocycles. The topological polar surface area (TPSA) is 35.0 Å². The van der Waals surface area contributed by atoms with Crippen LogP contribution >= 0.6 is 23.2 Å². The number of halogens is 2. The first-order valence-corrected chi connectivity index (χ1v) is 7.31. The molecule has 0 radical (unpaired) electrons. The first-order valence-electron chi connectivity index (χ1n) is 6.55. The molecule has 1 saturated carbocycles. The van der Waals surface area contributed by atoms with Gasteiger partial charge in [-0.1, -0.05) is 41.4 Å². The van der Waals surface area contributed by atoms with Gasteiger partial charge < -0.3 is 4.74 Å². The summed E-state index contributed by atoms with van der Waals surface area (Å²) >= 11 is 12.3. The Morgan fingerprint density at radius 2 is 1.95 bits per heavy atom. The fourth-order valence-electron chi connectivity index (χ4n) is 1.91. The Morgan fingerprint density at radius 3 is 2.65 bits per heavy atom. The second-order valence-corrected chi connectivity index (χ2v) is 5.72. The summed E-state index contributed by atoms with van der Waals surface area (Å²) in [4.78, 5) is 8.80. The molecule has 104 valence electrons. The van der Waals surface area contributed by atoms with Crippen LogP contribution in [0.5, 0.6) is 5.88 Å². The molecule has 1 aliphatic rings. The lowest BCUT2D eigenvalue weighted by Gasteiger charge is -2.11. The molecule has 0 atom stereocenters. The quantitative estimate of drug-likeness (QED) is 0.777. The molecule has 1 fully saturated rings. The molecular formula is C15H14Cl2N2O. The van der Waals surface area contributed by atoms with Gasteiger partial charge in [-0.2, -0.15) is 4.98 Å². The minimum Gasteiger partial charge on any atom is -0.472 e. The Labute approximate surface area is 127 Å². The second kappa shape index (κ2) is 5.58. The Kier molecular flexibility index (Phi) is 3.81. The first kappa shape index (κ1) is 13.7. The molecule has 3 rings (SSSR count). The standard InChI is InChI=1S/C15H14Cl2N2O/c1-9-13(17)18-14(10-6-7-10)19-15(9)20-8-11-4-2-3-5-12(11)16/h2-5,10H,6-8H2,1H3. The minimum absolute atomic E-state index is 0.373. The van der Waals surface area contributed by atoms with E-state index in [1.54, 1.807) is 0 Å². The molecular weight excluding hydrogens is 295 g/mol. The van der Waals surface area contributed by atoms with Gasteiger partial charge in [-0.05, 0) is 25.8 Å². The highest BCUT2D eigenvalue weighted by Crippen LogP contribution is 2.39. The third-order valence-corrected chi connectivity index (χ3v) is 4.06. The van der Waals surface area contributed by atoms with Gasteiger partial charge in [0.2, 0.25) is 5.88 Å². The fraction of sp³-hybridized carbons (Fsp3) is 0.333. The lowest BCUT2D eigenvalue weighted by atomic mass is 10.2. The smallest absolute Gasteiger partial charge is 0.221 e. The van der Waals surface area contributed by atoms with Gasteiger partial charge in [-0.25, -0.2) is 4.98 Å². The van der Waals surface area contributed by atoms with Crippen LogP contribution in [0.25, 0.3) is 0 Å². The van der Waals surface area contributed by atoms with Crippen LogP contribution in [0.2, 0.25) is 10.2 Å². The monoisotopic (exact) mass is 308 g/mol. The van der Waals surface area contributed by atoms with E-state index in [9.17, 15) is 0 Å². The van der Waals surface area contributed by atoms with Gasteiger partial charge in [-0.15, -0.1) is 0 Å². The molecule has 0 aliphatic heterocycles. The summed E-state index contributed by atoms with van der Waals surface area (Å²) in [6.45, 7) is 2.24. The molecule has 0 bridgehead atoms. The number of nitrogens with zero attached hydrogens (tertiary/aromatic N) is 2. The number of benzene rings is 1. The molecule has 0 spiro atoms. The van der Waals surface area contributed by atoms with E-state index in [4.69, 9.17) is 27.9 Å². The van der Waals surface area contributed by atoms with E-state index in [0.717, 1.165) is 29.8 Å². The highest BCUT2D eigenvalue weighted by atomic mass is 35.5. The van der Waals surface area contributed by atoms with Crippen LogP contribution in [-0.4, -0.2) is 9.97 Å². The van der Waals surface area contributed by atoms with E-state index in [-0.39, 0.29) is 0 Å². The van der Waals surface area contributed by atoms with Gasteiger partial charge in [0.15, 0.2) is 0 Å². The van der Waals surface area contributed by atoms with Crippen molar-refractivity contribution in [2.45, 2.75) is 32.3 Å². The molecule has 1 aliphatic carbocycles. The number of aromatic nitrogens is 2. The number of hydrogen-bond acceptors (Lipinski definition) is 3. The van der Waals surface area contributed by atoms with E-state index in [2.05, 4.69) is 9.97 Å². The number of hydrogen-bond donors (Lipinski definition) is 0. The van der Waals surface area contributed by atoms with Crippen molar-refractivity contribution >= 4 is 23.2 Å². The van der Waals surface area contributed by atoms with Crippen LogP contribution in [0.1, 0.15) is 35.7 Å². The van der Waals surface area contributed by atoms with Gasteiger partial charge in [0.25, 0.3) is 0 Å². The average Bonchev–Trinajstić information content (AvgIpc) is 3.26. The Balaban J connectivity index is 1.81. The van der Waals surface area contributed by atoms with Crippen molar-refractivity contribution in [3.05, 3.63) is 51.4 Å². The van der Waals surface area contributed by atoms with Gasteiger partial charge >= 0.3 is 0 Å². The predicted octanol–water partition coefficient (Wildman–Crippen LogP) is 4.55. The maximum Gasteiger partial charge on any atom is 0.221 e. The zero-order valence-electron chi connectivity index (χ0n) is 11.1. The normalized spacial score (nSPS) is 14.3. The van der Waals surface area contributed by atoms with Crippen molar-refractivity contribution in [1.82, 2.24) is 9.97 Å². The maximum absolute atomic E-state index is 6.15. The van der Waals surface area contributed by atoms with Gasteiger partial charge in [-0.3, -0.25) is 0 Å². The van der Waals surface area contributed by atoms with Crippen molar-refractivity contribution in [1.29, 1.82) is 0 Å². The lowest BCUT2D eigenvalue weighted by molar-refractivity contribution is 0.290. The molecule has 0 N–H and O–H groups in total. The number of ether oxygens (including phenoxy) is 1. The summed E-state index contributed by atoms with van der Waals surface area (Å²) < 4.78 is 5.78. The lowest BCUT2D eigenvalue weighted by Crippen LogP contribution is -2.04. The van der Waals surface area contributed by atoms with Crippen molar-refractivity contribution < 1.29 is 4.74 Å². The summed E-state index contributed by atoms with van der Waals surface area (Å²) in [6.07, 6.45) is 2.26. The van der Waals surface area contributed by atoms with Crippen LogP contribution in [-0.2, 0) is 6.61 Å². The van der Waals surface area contributed by atoms with Crippen molar-refractivity contribution in [2.75, 3.05) is 0 Å². The first-order chi connectivity index (χ1) is 9.65. The Bertz CT molecular complexity index is 642. The molecule has 2 aromatic rings. The van der Waals surface area contributed by atoms with Gasteiger partial charge in [0, 0.05) is 22.1 Å². The van der Waals surface area contributed by atoms with Crippen LogP contribution in [0.15, 0.2) is 24.3 Å². The van der Waals surface area contributed by atoms with Gasteiger partial charge in [0.05, 0.1) is 0 Å². The third-order valence-electron chi connectivity index (χ3n) is 3.32. The van der Waals surface area contributed by atoms with E-state index in [0.29, 0.717) is 28.6 Å². The Morgan fingerprint density at radius 1 is 1.20 bits per heavy atom. The van der Waals surface area contributed by atoms with E-state index in [1.165, 1.54) is 0 Å². The highest BCUT2D eigenvalue weighted by molar-refractivity contribution is 6.31. The third kappa shape index (κ3) is 2.89. The number of rotatable bonds is 4. The molecule has 20 heavy (non-hydrogen) atoms. The minimum atomic E-state index is 0.373. The van der Waals surface area contributed by atoms with Crippen LogP contribution in [0, 0.1) is 6.92 Å². The summed E-state index contributed by atoms with van der Waals surface area (Å²) in [5.74, 6) is 1.78. The fourth-order valence-corrected chi connectivity index (χ4v) is 2.27. The van der Waals surface area contributed by atoms with Crippen molar-refractivity contribution in [3.63, 3.8) is 0 Å². The van der Waals surface area contributed by atoms with Crippen LogP contribution in [0.3, 0.4) is 0 Å². The van der Waals surface area contributed by atoms with E-state index in [1.807, 2.05) is 31.2 Å². The molecule has 0 amide bonds. The van der Waals surface area contributed by atoms with E-state index >= 15 is 0 Å². The van der Waals surface area contributed by atoms with Crippen LogP contribution in [0.4, 0.5) is 0 Å². The van der Waals surface area contributed by atoms with Crippen LogP contribution < -0.4 is 4.74 Å². The summed E-state index contributed by atoms with van der Waals surface area (Å²) in [5.41, 5.74) is 1.69. The molecule has 0 saturated heterocycles. The SMILES string of the molecule is Cc1c(Cl)nc(C2CC2)nc1OCc1ccccc1Cl. The Hall–Kier alpha value is -1.32. The summed E-state index contributed by atoms with van der Waals surface area (Å²) in [7, 11) is 0. The highest BCUT2D eigenvalue weighted by Gasteiger charge is 2.28. The maximum atomic E-state index is 6.15. The van der Waals surface area contributed by atoms with Gasteiger partial charge in [0.1, 0.15) is 17.6 Å². The molecule has 3 nitrogen and oxygen atoms in total. The molecule has 1 heterocycles. The van der Waals surface area contributed by atoms with Crippen molar-refractivity contribution in [3.8, 4) is 5.88 Å². The average molecular weight is 309 g/mol. The zero-order chi connectivity index (χ0) is 14.1. The summed E-state index contributed by atoms with van der Waals surface area (Å²) in [6, 6.07) is 7.60.